The number of ether oxygens (including phenoxy) is 1. The average Bonchev–Trinajstić information content (AvgIpc) is 3.15. The van der Waals surface area contributed by atoms with Crippen LogP contribution in [0.4, 0.5) is 15.2 Å². The van der Waals surface area contributed by atoms with E-state index in [0.29, 0.717) is 17.4 Å². The first-order valence-electron chi connectivity index (χ1n) is 9.46. The zero-order valence-corrected chi connectivity index (χ0v) is 18.6. The number of hydrogen-bond acceptors (Lipinski definition) is 7. The van der Waals surface area contributed by atoms with Gasteiger partial charge < -0.3 is 15.4 Å². The second kappa shape index (κ2) is 10.9. The molecule has 0 spiro atoms. The highest BCUT2D eigenvalue weighted by molar-refractivity contribution is 8.01. The van der Waals surface area contributed by atoms with Gasteiger partial charge in [0.25, 0.3) is 0 Å². The number of thiazole rings is 1. The number of anilines is 2. The first-order chi connectivity index (χ1) is 14.9. The van der Waals surface area contributed by atoms with Gasteiger partial charge in [-0.1, -0.05) is 43.0 Å². The standard InChI is InChI=1S/C21H21FN4O3S2/c1-13(2)12-29-16-9-14(22)6-7-15(16)25-17(27)10-18(28)26-21-24-11-20(31-21)30-19-5-3-4-8-23-19/h3-9,11,13H,10,12H2,1-2H3,(H,25,27)(H,24,26,28). The maximum absolute atomic E-state index is 13.5. The first-order valence-corrected chi connectivity index (χ1v) is 11.1. The van der Waals surface area contributed by atoms with Gasteiger partial charge >= 0.3 is 0 Å². The Bertz CT molecular complexity index is 1040. The molecule has 2 heterocycles. The molecule has 0 unspecified atom stereocenters. The second-order valence-corrected chi connectivity index (χ2v) is 9.22. The zero-order valence-electron chi connectivity index (χ0n) is 16.9. The number of nitrogens with zero attached hydrogens (tertiary/aromatic N) is 2. The first kappa shape index (κ1) is 22.7. The molecule has 0 bridgehead atoms. The number of nitrogens with one attached hydrogen (secondary N) is 2. The fraction of sp³-hybridized carbons (Fsp3) is 0.238. The number of aromatic nitrogens is 2. The van der Waals surface area contributed by atoms with Gasteiger partial charge in [-0.3, -0.25) is 9.59 Å². The molecule has 10 heteroatoms. The Labute approximate surface area is 187 Å². The number of pyridine rings is 1. The monoisotopic (exact) mass is 460 g/mol. The lowest BCUT2D eigenvalue weighted by molar-refractivity contribution is -0.123. The normalized spacial score (nSPS) is 10.7. The molecule has 162 valence electrons. The molecule has 0 saturated carbocycles. The fourth-order valence-electron chi connectivity index (χ4n) is 2.35. The summed E-state index contributed by atoms with van der Waals surface area (Å²) in [5.74, 6) is -1.07. The third-order valence-corrected chi connectivity index (χ3v) is 5.65. The third kappa shape index (κ3) is 7.34. The molecule has 0 fully saturated rings. The quantitative estimate of drug-likeness (QED) is 0.444. The zero-order chi connectivity index (χ0) is 22.2. The number of halogens is 1. The molecule has 0 aliphatic rings. The minimum atomic E-state index is -0.543. The second-order valence-electron chi connectivity index (χ2n) is 6.87. The van der Waals surface area contributed by atoms with Crippen LogP contribution >= 0.6 is 23.1 Å². The Hall–Kier alpha value is -2.98. The number of carbonyl (C=O) groups excluding carboxylic acids is 2. The summed E-state index contributed by atoms with van der Waals surface area (Å²) in [7, 11) is 0. The van der Waals surface area contributed by atoms with Crippen molar-refractivity contribution >= 4 is 45.7 Å². The Morgan fingerprint density at radius 1 is 1.16 bits per heavy atom. The number of hydrogen-bond donors (Lipinski definition) is 2. The lowest BCUT2D eigenvalue weighted by atomic mass is 10.2. The van der Waals surface area contributed by atoms with Gasteiger partial charge in [-0.25, -0.2) is 14.4 Å². The van der Waals surface area contributed by atoms with E-state index in [2.05, 4.69) is 20.6 Å². The molecule has 0 aliphatic carbocycles. The van der Waals surface area contributed by atoms with Crippen LogP contribution < -0.4 is 15.4 Å². The van der Waals surface area contributed by atoms with E-state index < -0.39 is 24.1 Å². The van der Waals surface area contributed by atoms with Gasteiger partial charge in [-0.15, -0.1) is 0 Å². The molecule has 3 rings (SSSR count). The largest absolute Gasteiger partial charge is 0.491 e. The van der Waals surface area contributed by atoms with Gasteiger partial charge in [-0.2, -0.15) is 0 Å². The molecule has 2 amide bonds. The summed E-state index contributed by atoms with van der Waals surface area (Å²) in [6, 6.07) is 9.42. The molecule has 0 aliphatic heterocycles. The molecule has 1 aromatic carbocycles. The maximum atomic E-state index is 13.5. The van der Waals surface area contributed by atoms with Crippen molar-refractivity contribution in [3.05, 3.63) is 54.6 Å². The minimum Gasteiger partial charge on any atom is -0.491 e. The van der Waals surface area contributed by atoms with E-state index >= 15 is 0 Å². The van der Waals surface area contributed by atoms with E-state index in [9.17, 15) is 14.0 Å². The van der Waals surface area contributed by atoms with Crippen LogP contribution in [0.1, 0.15) is 20.3 Å². The van der Waals surface area contributed by atoms with Gasteiger partial charge in [0.1, 0.15) is 23.0 Å². The van der Waals surface area contributed by atoms with E-state index in [4.69, 9.17) is 4.74 Å². The summed E-state index contributed by atoms with van der Waals surface area (Å²) in [5, 5.41) is 6.41. The highest BCUT2D eigenvalue weighted by atomic mass is 32.2. The lowest BCUT2D eigenvalue weighted by Gasteiger charge is -2.14. The van der Waals surface area contributed by atoms with Crippen molar-refractivity contribution in [2.24, 2.45) is 5.92 Å². The summed E-state index contributed by atoms with van der Waals surface area (Å²) in [4.78, 5) is 32.9. The van der Waals surface area contributed by atoms with Crippen LogP contribution in [-0.2, 0) is 9.59 Å². The van der Waals surface area contributed by atoms with Crippen LogP contribution in [-0.4, -0.2) is 28.4 Å². The van der Waals surface area contributed by atoms with E-state index in [0.717, 1.165) is 9.24 Å². The predicted octanol–water partition coefficient (Wildman–Crippen LogP) is 4.83. The number of carbonyl (C=O) groups is 2. The SMILES string of the molecule is CC(C)COc1cc(F)ccc1NC(=O)CC(=O)Nc1ncc(Sc2ccccn2)s1. The third-order valence-electron chi connectivity index (χ3n) is 3.68. The Morgan fingerprint density at radius 2 is 1.97 bits per heavy atom. The van der Waals surface area contributed by atoms with Gasteiger partial charge in [-0.05, 0) is 30.2 Å². The molecule has 31 heavy (non-hydrogen) atoms. The van der Waals surface area contributed by atoms with Gasteiger partial charge in [0.2, 0.25) is 11.8 Å². The molecule has 2 aromatic heterocycles. The van der Waals surface area contributed by atoms with Crippen LogP contribution in [0.3, 0.4) is 0 Å². The molecule has 0 radical (unpaired) electrons. The van der Waals surface area contributed by atoms with Crippen LogP contribution in [0, 0.1) is 11.7 Å². The summed E-state index contributed by atoms with van der Waals surface area (Å²) >= 11 is 2.72. The summed E-state index contributed by atoms with van der Waals surface area (Å²) in [6.45, 7) is 4.29. The van der Waals surface area contributed by atoms with Gasteiger partial charge in [0.05, 0.1) is 22.7 Å². The summed E-state index contributed by atoms with van der Waals surface area (Å²) in [6.07, 6.45) is 2.92. The molecule has 0 atom stereocenters. The van der Waals surface area contributed by atoms with Crippen LogP contribution in [0.2, 0.25) is 0 Å². The molecular formula is C21H21FN4O3S2. The number of benzene rings is 1. The summed E-state index contributed by atoms with van der Waals surface area (Å²) in [5.41, 5.74) is 0.308. The van der Waals surface area contributed by atoms with E-state index in [1.165, 1.54) is 41.3 Å². The van der Waals surface area contributed by atoms with Crippen molar-refractivity contribution in [1.82, 2.24) is 9.97 Å². The highest BCUT2D eigenvalue weighted by Gasteiger charge is 2.15. The lowest BCUT2D eigenvalue weighted by Crippen LogP contribution is -2.21. The van der Waals surface area contributed by atoms with Crippen LogP contribution in [0.15, 0.2) is 58.0 Å². The van der Waals surface area contributed by atoms with E-state index in [-0.39, 0.29) is 11.7 Å². The Morgan fingerprint density at radius 3 is 2.71 bits per heavy atom. The molecular weight excluding hydrogens is 439 g/mol. The molecule has 3 aromatic rings. The van der Waals surface area contributed by atoms with Crippen molar-refractivity contribution in [3.8, 4) is 5.75 Å². The van der Waals surface area contributed by atoms with Gasteiger partial charge in [0.15, 0.2) is 5.13 Å². The predicted molar refractivity (Wildman–Crippen MR) is 119 cm³/mol. The average molecular weight is 461 g/mol. The van der Waals surface area contributed by atoms with Crippen LogP contribution in [0.25, 0.3) is 0 Å². The Balaban J connectivity index is 1.54. The van der Waals surface area contributed by atoms with Crippen LogP contribution in [0.5, 0.6) is 5.75 Å². The number of rotatable bonds is 9. The van der Waals surface area contributed by atoms with Crippen molar-refractivity contribution in [2.75, 3.05) is 17.2 Å². The molecule has 7 nitrogen and oxygen atoms in total. The highest BCUT2D eigenvalue weighted by Crippen LogP contribution is 2.32. The minimum absolute atomic E-state index is 0.221. The van der Waals surface area contributed by atoms with E-state index in [1.54, 1.807) is 12.4 Å². The topological polar surface area (TPSA) is 93.2 Å². The smallest absolute Gasteiger partial charge is 0.235 e. The molecule has 2 N–H and O–H groups in total. The molecule has 0 saturated heterocycles. The fourth-order valence-corrected chi connectivity index (χ4v) is 4.15. The maximum Gasteiger partial charge on any atom is 0.235 e. The van der Waals surface area contributed by atoms with Crippen molar-refractivity contribution in [1.29, 1.82) is 0 Å². The van der Waals surface area contributed by atoms with E-state index in [1.807, 2.05) is 32.0 Å². The van der Waals surface area contributed by atoms with Crippen molar-refractivity contribution in [2.45, 2.75) is 29.5 Å². The Kier molecular flexibility index (Phi) is 7.96. The number of amides is 2. The van der Waals surface area contributed by atoms with Gasteiger partial charge in [0, 0.05) is 12.3 Å². The van der Waals surface area contributed by atoms with Crippen molar-refractivity contribution in [3.63, 3.8) is 0 Å². The summed E-state index contributed by atoms with van der Waals surface area (Å²) < 4.78 is 20.0. The van der Waals surface area contributed by atoms with Crippen molar-refractivity contribution < 1.29 is 18.7 Å².